The largest absolute Gasteiger partial charge is 0.278 e. The van der Waals surface area contributed by atoms with E-state index in [1.807, 2.05) is 44.2 Å². The number of aliphatic imine (C=N–C) groups is 1. The summed E-state index contributed by atoms with van der Waals surface area (Å²) >= 11 is 0. The highest BCUT2D eigenvalue weighted by molar-refractivity contribution is 6.15. The Bertz CT molecular complexity index is 990. The van der Waals surface area contributed by atoms with Crippen molar-refractivity contribution in [1.82, 2.24) is 4.98 Å². The summed E-state index contributed by atoms with van der Waals surface area (Å²) in [5, 5.41) is 0.991. The van der Waals surface area contributed by atoms with E-state index in [0.29, 0.717) is 23.3 Å². The first kappa shape index (κ1) is 14.9. The van der Waals surface area contributed by atoms with Crippen molar-refractivity contribution in [3.8, 4) is 0 Å². The quantitative estimate of drug-likeness (QED) is 0.638. The van der Waals surface area contributed by atoms with Crippen LogP contribution in [0.5, 0.6) is 0 Å². The normalized spacial score (nSPS) is 15.9. The lowest BCUT2D eigenvalue weighted by Gasteiger charge is -2.29. The van der Waals surface area contributed by atoms with Gasteiger partial charge < -0.3 is 0 Å². The molecule has 0 amide bonds. The minimum absolute atomic E-state index is 0.380. The molecule has 1 aromatic heterocycles. The molecule has 0 saturated carbocycles. The molecule has 3 aromatic rings. The van der Waals surface area contributed by atoms with Gasteiger partial charge in [0.15, 0.2) is 11.6 Å². The van der Waals surface area contributed by atoms with Crippen LogP contribution < -0.4 is 0 Å². The molecule has 4 rings (SSSR count). The van der Waals surface area contributed by atoms with Gasteiger partial charge in [0, 0.05) is 34.7 Å². The van der Waals surface area contributed by atoms with Crippen molar-refractivity contribution in [1.29, 1.82) is 0 Å². The molecule has 0 unspecified atom stereocenters. The maximum absolute atomic E-state index is 14.3. The number of hydrogen-bond acceptors (Lipinski definition) is 2. The van der Waals surface area contributed by atoms with Crippen LogP contribution in [0.2, 0.25) is 0 Å². The van der Waals surface area contributed by atoms with Crippen LogP contribution in [0.1, 0.15) is 30.5 Å². The predicted octanol–water partition coefficient (Wildman–Crippen LogP) is 4.69. The molecule has 0 spiro atoms. The van der Waals surface area contributed by atoms with Crippen molar-refractivity contribution in [3.63, 3.8) is 0 Å². The summed E-state index contributed by atoms with van der Waals surface area (Å²) in [4.78, 5) is 9.13. The van der Waals surface area contributed by atoms with Crippen LogP contribution in [-0.2, 0) is 6.42 Å². The molecule has 0 fully saturated rings. The standard InChI is InChI=1S/C20H16F2N2/c1-20(2)11-15-14(6-7-16(21)18(15)22)19(24-20)13-5-8-17-12(10-13)4-3-9-23-17/h3-10H,11H2,1-2H3. The molecule has 0 N–H and O–H groups in total. The van der Waals surface area contributed by atoms with Gasteiger partial charge in [-0.05, 0) is 44.2 Å². The molecule has 4 heteroatoms. The second kappa shape index (κ2) is 5.20. The Morgan fingerprint density at radius 1 is 1.04 bits per heavy atom. The van der Waals surface area contributed by atoms with Crippen LogP contribution in [0.25, 0.3) is 10.9 Å². The van der Waals surface area contributed by atoms with Crippen molar-refractivity contribution in [2.75, 3.05) is 0 Å². The maximum Gasteiger partial charge on any atom is 0.162 e. The van der Waals surface area contributed by atoms with E-state index < -0.39 is 17.2 Å². The molecule has 2 heterocycles. The first-order valence-electron chi connectivity index (χ1n) is 7.87. The summed E-state index contributed by atoms with van der Waals surface area (Å²) in [5.41, 5.74) is 3.05. The first-order valence-corrected chi connectivity index (χ1v) is 7.87. The van der Waals surface area contributed by atoms with E-state index >= 15 is 0 Å². The zero-order valence-corrected chi connectivity index (χ0v) is 13.5. The van der Waals surface area contributed by atoms with Gasteiger partial charge in [0.25, 0.3) is 0 Å². The van der Waals surface area contributed by atoms with E-state index in [0.717, 1.165) is 16.5 Å². The molecule has 0 bridgehead atoms. The lowest BCUT2D eigenvalue weighted by Crippen LogP contribution is -2.30. The van der Waals surface area contributed by atoms with Gasteiger partial charge in [0.05, 0.1) is 16.8 Å². The Morgan fingerprint density at radius 3 is 2.71 bits per heavy atom. The lowest BCUT2D eigenvalue weighted by atomic mass is 9.84. The molecular formula is C20H16F2N2. The van der Waals surface area contributed by atoms with Crippen LogP contribution in [0.4, 0.5) is 8.78 Å². The second-order valence-electron chi connectivity index (χ2n) is 6.75. The average molecular weight is 322 g/mol. The van der Waals surface area contributed by atoms with Crippen molar-refractivity contribution in [2.24, 2.45) is 4.99 Å². The Hall–Kier alpha value is -2.62. The van der Waals surface area contributed by atoms with E-state index in [2.05, 4.69) is 4.98 Å². The second-order valence-corrected chi connectivity index (χ2v) is 6.75. The lowest BCUT2D eigenvalue weighted by molar-refractivity contribution is 0.462. The van der Waals surface area contributed by atoms with Crippen molar-refractivity contribution in [3.05, 3.63) is 77.0 Å². The molecule has 1 aliphatic heterocycles. The Balaban J connectivity index is 1.95. The molecule has 1 aliphatic rings. The van der Waals surface area contributed by atoms with Gasteiger partial charge in [0.2, 0.25) is 0 Å². The molecule has 2 nitrogen and oxygen atoms in total. The first-order chi connectivity index (χ1) is 11.4. The molecule has 0 atom stereocenters. The van der Waals surface area contributed by atoms with E-state index in [-0.39, 0.29) is 0 Å². The number of aromatic nitrogens is 1. The van der Waals surface area contributed by atoms with Crippen LogP contribution in [-0.4, -0.2) is 16.2 Å². The van der Waals surface area contributed by atoms with Gasteiger partial charge >= 0.3 is 0 Å². The van der Waals surface area contributed by atoms with Gasteiger partial charge in [-0.15, -0.1) is 0 Å². The Kier molecular flexibility index (Phi) is 3.23. The van der Waals surface area contributed by atoms with Gasteiger partial charge in [-0.25, -0.2) is 8.78 Å². The third-order valence-electron chi connectivity index (χ3n) is 4.35. The average Bonchev–Trinajstić information content (AvgIpc) is 2.57. The summed E-state index contributed by atoms with van der Waals surface area (Å²) < 4.78 is 28.0. The summed E-state index contributed by atoms with van der Waals surface area (Å²) in [6.45, 7) is 3.87. The molecule has 0 radical (unpaired) electrons. The number of hydrogen-bond donors (Lipinski definition) is 0. The zero-order chi connectivity index (χ0) is 16.9. The monoisotopic (exact) mass is 322 g/mol. The minimum atomic E-state index is -0.812. The fourth-order valence-corrected chi connectivity index (χ4v) is 3.27. The van der Waals surface area contributed by atoms with E-state index in [4.69, 9.17) is 4.99 Å². The minimum Gasteiger partial charge on any atom is -0.278 e. The fourth-order valence-electron chi connectivity index (χ4n) is 3.27. The number of pyridine rings is 1. The number of halogens is 2. The van der Waals surface area contributed by atoms with Gasteiger partial charge in [-0.1, -0.05) is 12.1 Å². The number of fused-ring (bicyclic) bond motifs is 2. The summed E-state index contributed by atoms with van der Waals surface area (Å²) in [7, 11) is 0. The van der Waals surface area contributed by atoms with Gasteiger partial charge in [0.1, 0.15) is 0 Å². The molecule has 120 valence electrons. The SMILES string of the molecule is CC1(C)Cc2c(ccc(F)c2F)C(c2ccc3ncccc3c2)=N1. The van der Waals surface area contributed by atoms with Gasteiger partial charge in [-0.3, -0.25) is 9.98 Å². The van der Waals surface area contributed by atoms with Crippen molar-refractivity contribution in [2.45, 2.75) is 25.8 Å². The van der Waals surface area contributed by atoms with Crippen LogP contribution >= 0.6 is 0 Å². The van der Waals surface area contributed by atoms with Crippen molar-refractivity contribution < 1.29 is 8.78 Å². The third-order valence-corrected chi connectivity index (χ3v) is 4.35. The van der Waals surface area contributed by atoms with E-state index in [1.54, 1.807) is 12.3 Å². The zero-order valence-electron chi connectivity index (χ0n) is 13.5. The third kappa shape index (κ3) is 2.39. The van der Waals surface area contributed by atoms with Crippen LogP contribution in [0.3, 0.4) is 0 Å². The van der Waals surface area contributed by atoms with E-state index in [9.17, 15) is 8.78 Å². The summed E-state index contributed by atoms with van der Waals surface area (Å²) in [6, 6.07) is 12.5. The molecule has 2 aromatic carbocycles. The van der Waals surface area contributed by atoms with Crippen LogP contribution in [0, 0.1) is 11.6 Å². The highest BCUT2D eigenvalue weighted by Crippen LogP contribution is 2.32. The highest BCUT2D eigenvalue weighted by Gasteiger charge is 2.30. The van der Waals surface area contributed by atoms with Crippen LogP contribution in [0.15, 0.2) is 53.7 Å². The number of benzene rings is 2. The molecule has 24 heavy (non-hydrogen) atoms. The predicted molar refractivity (Wildman–Crippen MR) is 91.5 cm³/mol. The fraction of sp³-hybridized carbons (Fsp3) is 0.200. The number of nitrogens with zero attached hydrogens (tertiary/aromatic N) is 2. The Morgan fingerprint density at radius 2 is 1.88 bits per heavy atom. The maximum atomic E-state index is 14.3. The smallest absolute Gasteiger partial charge is 0.162 e. The summed E-state index contributed by atoms with van der Waals surface area (Å²) in [5.74, 6) is -1.58. The Labute approximate surface area is 138 Å². The summed E-state index contributed by atoms with van der Waals surface area (Å²) in [6.07, 6.45) is 2.13. The van der Waals surface area contributed by atoms with Gasteiger partial charge in [-0.2, -0.15) is 0 Å². The number of rotatable bonds is 1. The highest BCUT2D eigenvalue weighted by atomic mass is 19.2. The van der Waals surface area contributed by atoms with E-state index in [1.165, 1.54) is 6.07 Å². The molecule has 0 saturated heterocycles. The van der Waals surface area contributed by atoms with Crippen molar-refractivity contribution >= 4 is 16.6 Å². The molecular weight excluding hydrogens is 306 g/mol. The topological polar surface area (TPSA) is 25.2 Å². The molecule has 0 aliphatic carbocycles.